The fourth-order valence-electron chi connectivity index (χ4n) is 2.98. The molecule has 1 N–H and O–H groups in total. The van der Waals surface area contributed by atoms with Crippen molar-refractivity contribution in [3.63, 3.8) is 0 Å². The topological polar surface area (TPSA) is 49.6 Å². The third kappa shape index (κ3) is 3.05. The Bertz CT molecular complexity index is 847. The summed E-state index contributed by atoms with van der Waals surface area (Å²) in [6.07, 6.45) is 17.6. The Morgan fingerprint density at radius 3 is 2.88 bits per heavy atom. The van der Waals surface area contributed by atoms with Gasteiger partial charge in [0.2, 0.25) is 0 Å². The number of aromatic nitrogens is 1. The van der Waals surface area contributed by atoms with Crippen LogP contribution in [0.3, 0.4) is 0 Å². The molecule has 1 atom stereocenters. The molecule has 24 heavy (non-hydrogen) atoms. The van der Waals surface area contributed by atoms with Crippen LogP contribution in [0.5, 0.6) is 0 Å². The number of nitrogens with zero attached hydrogens (tertiary/aromatic N) is 3. The van der Waals surface area contributed by atoms with Crippen molar-refractivity contribution in [1.29, 1.82) is 0 Å². The molecule has 1 unspecified atom stereocenters. The quantitative estimate of drug-likeness (QED) is 0.869. The molecule has 3 aliphatic rings. The summed E-state index contributed by atoms with van der Waals surface area (Å²) in [5.74, 6) is 0.314. The summed E-state index contributed by atoms with van der Waals surface area (Å²) in [7, 11) is 0. The molecule has 4 heterocycles. The second-order valence-electron chi connectivity index (χ2n) is 5.89. The zero-order chi connectivity index (χ0) is 16.2. The number of aliphatic imine (C=N–C) groups is 2. The van der Waals surface area contributed by atoms with Crippen molar-refractivity contribution in [1.82, 2.24) is 10.3 Å². The predicted molar refractivity (Wildman–Crippen MR) is 97.7 cm³/mol. The minimum atomic E-state index is 0.314. The summed E-state index contributed by atoms with van der Waals surface area (Å²) < 4.78 is 0. The first-order valence-electron chi connectivity index (χ1n) is 8.18. The van der Waals surface area contributed by atoms with E-state index in [0.717, 1.165) is 36.2 Å². The highest BCUT2D eigenvalue weighted by molar-refractivity contribution is 5.79. The van der Waals surface area contributed by atoms with Gasteiger partial charge in [-0.05, 0) is 48.3 Å². The van der Waals surface area contributed by atoms with Crippen LogP contribution in [0.4, 0.5) is 0 Å². The Morgan fingerprint density at radius 2 is 2.12 bits per heavy atom. The third-order valence-corrected chi connectivity index (χ3v) is 4.30. The van der Waals surface area contributed by atoms with Crippen molar-refractivity contribution in [2.45, 2.75) is 12.8 Å². The maximum atomic E-state index is 4.28. The molecule has 4 nitrogen and oxygen atoms in total. The van der Waals surface area contributed by atoms with Crippen LogP contribution in [0.25, 0.3) is 5.57 Å². The van der Waals surface area contributed by atoms with E-state index in [-0.39, 0.29) is 0 Å². The summed E-state index contributed by atoms with van der Waals surface area (Å²) in [5, 5.41) is 3.58. The van der Waals surface area contributed by atoms with Gasteiger partial charge in [-0.3, -0.25) is 15.0 Å². The summed E-state index contributed by atoms with van der Waals surface area (Å²) >= 11 is 0. The van der Waals surface area contributed by atoms with Gasteiger partial charge in [0.15, 0.2) is 0 Å². The fourth-order valence-corrected chi connectivity index (χ4v) is 2.98. The number of pyridine rings is 1. The van der Waals surface area contributed by atoms with Crippen LogP contribution >= 0.6 is 0 Å². The molecule has 118 valence electrons. The second-order valence-corrected chi connectivity index (χ2v) is 5.89. The van der Waals surface area contributed by atoms with Gasteiger partial charge in [0.1, 0.15) is 0 Å². The highest BCUT2D eigenvalue weighted by Crippen LogP contribution is 2.28. The van der Waals surface area contributed by atoms with Gasteiger partial charge in [0.25, 0.3) is 0 Å². The van der Waals surface area contributed by atoms with Crippen LogP contribution in [0.2, 0.25) is 0 Å². The van der Waals surface area contributed by atoms with Gasteiger partial charge in [0, 0.05) is 54.8 Å². The van der Waals surface area contributed by atoms with Crippen LogP contribution in [-0.2, 0) is 0 Å². The Morgan fingerprint density at radius 1 is 1.21 bits per heavy atom. The van der Waals surface area contributed by atoms with Crippen molar-refractivity contribution in [2.24, 2.45) is 15.9 Å². The van der Waals surface area contributed by atoms with E-state index in [2.05, 4.69) is 44.2 Å². The zero-order valence-corrected chi connectivity index (χ0v) is 13.3. The largest absolute Gasteiger partial charge is 0.352 e. The molecule has 0 saturated heterocycles. The number of allylic oxidation sites excluding steroid dienone is 4. The molecule has 0 amide bonds. The van der Waals surface area contributed by atoms with Gasteiger partial charge in [-0.2, -0.15) is 0 Å². The molecular formula is C20H18N4. The number of hydrogen-bond acceptors (Lipinski definition) is 4. The Labute approximate surface area is 141 Å². The number of nitrogens with one attached hydrogen (secondary N) is 1. The minimum Gasteiger partial charge on any atom is -0.352 e. The summed E-state index contributed by atoms with van der Waals surface area (Å²) in [5.41, 5.74) is 9.22. The average Bonchev–Trinajstić information content (AvgIpc) is 2.70. The Hall–Kier alpha value is -2.97. The van der Waals surface area contributed by atoms with E-state index in [0.29, 0.717) is 5.92 Å². The van der Waals surface area contributed by atoms with Crippen LogP contribution in [0.15, 0.2) is 81.6 Å². The maximum Gasteiger partial charge on any atom is 0.0855 e. The van der Waals surface area contributed by atoms with Crippen molar-refractivity contribution in [3.8, 4) is 0 Å². The van der Waals surface area contributed by atoms with Gasteiger partial charge in [-0.1, -0.05) is 11.8 Å². The number of rotatable bonds is 3. The molecule has 0 aromatic carbocycles. The van der Waals surface area contributed by atoms with Gasteiger partial charge in [-0.25, -0.2) is 0 Å². The summed E-state index contributed by atoms with van der Waals surface area (Å²) in [6.45, 7) is 0.832. The minimum absolute atomic E-state index is 0.314. The van der Waals surface area contributed by atoms with Crippen molar-refractivity contribution in [2.75, 3.05) is 6.54 Å². The van der Waals surface area contributed by atoms with Crippen LogP contribution < -0.4 is 5.32 Å². The van der Waals surface area contributed by atoms with E-state index in [1.165, 1.54) is 11.3 Å². The van der Waals surface area contributed by atoms with Crippen LogP contribution in [-0.4, -0.2) is 24.0 Å². The first kappa shape index (κ1) is 14.6. The van der Waals surface area contributed by atoms with Crippen molar-refractivity contribution in [3.05, 3.63) is 77.2 Å². The molecule has 0 fully saturated rings. The highest BCUT2D eigenvalue weighted by Gasteiger charge is 2.19. The molecule has 4 rings (SSSR count). The van der Waals surface area contributed by atoms with Crippen molar-refractivity contribution < 1.29 is 0 Å². The van der Waals surface area contributed by atoms with Crippen molar-refractivity contribution >= 4 is 18.0 Å². The SMILES string of the molecule is C1=C(C2=CC=NCC2)NC(C2C=CN=CC2)=CC=1c1ccncc1. The van der Waals surface area contributed by atoms with Gasteiger partial charge in [0.05, 0.1) is 5.70 Å². The highest BCUT2D eigenvalue weighted by atomic mass is 14.9. The standard InChI is InChI=1S/C20H18N4/c1-7-21-8-2-15(1)18-13-19(16-3-9-22-10-4-16)24-20(14-18)17-5-11-23-12-6-17/h1-3,5,7-11,13,16,24H,4,6,12H2. The molecule has 0 saturated carbocycles. The van der Waals surface area contributed by atoms with Gasteiger partial charge >= 0.3 is 0 Å². The lowest BCUT2D eigenvalue weighted by Crippen LogP contribution is -2.23. The summed E-state index contributed by atoms with van der Waals surface area (Å²) in [4.78, 5) is 12.6. The number of dihydropyridines is 1. The zero-order valence-electron chi connectivity index (χ0n) is 13.3. The molecule has 0 bridgehead atoms. The third-order valence-electron chi connectivity index (χ3n) is 4.30. The number of hydrogen-bond donors (Lipinski definition) is 1. The predicted octanol–water partition coefficient (Wildman–Crippen LogP) is 3.44. The van der Waals surface area contributed by atoms with Gasteiger partial charge in [-0.15, -0.1) is 0 Å². The van der Waals surface area contributed by atoms with Crippen LogP contribution in [0.1, 0.15) is 18.4 Å². The molecule has 0 aliphatic carbocycles. The molecule has 0 radical (unpaired) electrons. The first-order valence-corrected chi connectivity index (χ1v) is 8.18. The van der Waals surface area contributed by atoms with E-state index in [4.69, 9.17) is 0 Å². The van der Waals surface area contributed by atoms with E-state index in [1.54, 1.807) is 0 Å². The molecule has 3 aliphatic heterocycles. The average molecular weight is 314 g/mol. The maximum absolute atomic E-state index is 4.28. The van der Waals surface area contributed by atoms with E-state index in [9.17, 15) is 0 Å². The normalized spacial score (nSPS) is 22.2. The lowest BCUT2D eigenvalue weighted by molar-refractivity contribution is 0.718. The van der Waals surface area contributed by atoms with E-state index in [1.807, 2.05) is 43.2 Å². The lowest BCUT2D eigenvalue weighted by Gasteiger charge is -2.24. The first-order chi connectivity index (χ1) is 11.9. The molecular weight excluding hydrogens is 296 g/mol. The monoisotopic (exact) mass is 314 g/mol. The van der Waals surface area contributed by atoms with Crippen LogP contribution in [0, 0.1) is 5.92 Å². The van der Waals surface area contributed by atoms with Gasteiger partial charge < -0.3 is 5.32 Å². The molecule has 0 spiro atoms. The second kappa shape index (κ2) is 6.65. The molecule has 1 aromatic rings. The Kier molecular flexibility index (Phi) is 4.05. The molecule has 4 heteroatoms. The smallest absolute Gasteiger partial charge is 0.0855 e. The fraction of sp³-hybridized carbons (Fsp3) is 0.200. The Balaban J connectivity index is 1.76. The molecule has 1 aromatic heterocycles. The van der Waals surface area contributed by atoms with E-state index >= 15 is 0 Å². The van der Waals surface area contributed by atoms with E-state index < -0.39 is 0 Å². The lowest BCUT2D eigenvalue weighted by atomic mass is 9.93. The summed E-state index contributed by atoms with van der Waals surface area (Å²) in [6, 6.07) is 4.04.